The van der Waals surface area contributed by atoms with E-state index in [4.69, 9.17) is 0 Å². The summed E-state index contributed by atoms with van der Waals surface area (Å²) in [5.41, 5.74) is 1.26. The molecule has 2 rings (SSSR count). The summed E-state index contributed by atoms with van der Waals surface area (Å²) in [7, 11) is 0. The highest BCUT2D eigenvalue weighted by atomic mass is 16.1. The van der Waals surface area contributed by atoms with Crippen molar-refractivity contribution in [2.24, 2.45) is 0 Å². The molecule has 4 nitrogen and oxygen atoms in total. The molecule has 1 heterocycles. The van der Waals surface area contributed by atoms with Crippen molar-refractivity contribution in [3.05, 3.63) is 54.4 Å². The Morgan fingerprint density at radius 1 is 1.07 bits per heavy atom. The predicted octanol–water partition coefficient (Wildman–Crippen LogP) is 1.73. The van der Waals surface area contributed by atoms with E-state index in [1.807, 2.05) is 30.3 Å². The largest absolute Gasteiger partial charge is 0.322 e. The van der Waals surface area contributed by atoms with Crippen molar-refractivity contribution < 1.29 is 4.79 Å². The highest BCUT2D eigenvalue weighted by Crippen LogP contribution is 2.07. The van der Waals surface area contributed by atoms with Crippen LogP contribution in [0.4, 0.5) is 5.69 Å². The Balaban J connectivity index is 2.12. The van der Waals surface area contributed by atoms with Gasteiger partial charge in [-0.05, 0) is 18.2 Å². The van der Waals surface area contributed by atoms with Gasteiger partial charge in [-0.15, -0.1) is 0 Å². The quantitative estimate of drug-likeness (QED) is 0.801. The van der Waals surface area contributed by atoms with E-state index in [0.29, 0.717) is 5.56 Å². The second kappa shape index (κ2) is 4.32. The summed E-state index contributed by atoms with van der Waals surface area (Å²) in [5, 5.41) is 9.99. The maximum Gasteiger partial charge on any atom is 0.257 e. The van der Waals surface area contributed by atoms with Crippen molar-refractivity contribution in [2.45, 2.75) is 0 Å². The number of para-hydroxylation sites is 1. The maximum atomic E-state index is 11.6. The van der Waals surface area contributed by atoms with Gasteiger partial charge in [-0.25, -0.2) is 0 Å². The summed E-state index contributed by atoms with van der Waals surface area (Å²) in [6.07, 6.45) is 2.91. The van der Waals surface area contributed by atoms with Crippen LogP contribution in [0.3, 0.4) is 0 Å². The van der Waals surface area contributed by atoms with Crippen LogP contribution in [0, 0.1) is 0 Å². The van der Waals surface area contributed by atoms with Crippen molar-refractivity contribution in [3.63, 3.8) is 0 Å². The fraction of sp³-hybridized carbons (Fsp3) is 0. The summed E-state index contributed by atoms with van der Waals surface area (Å²) in [6.45, 7) is 0. The van der Waals surface area contributed by atoms with Crippen molar-refractivity contribution >= 4 is 11.6 Å². The van der Waals surface area contributed by atoms with Gasteiger partial charge in [-0.2, -0.15) is 10.2 Å². The zero-order valence-corrected chi connectivity index (χ0v) is 7.92. The second-order valence-electron chi connectivity index (χ2n) is 2.95. The molecule has 1 N–H and O–H groups in total. The number of carbonyl (C=O) groups is 1. The number of hydrogen-bond donors (Lipinski definition) is 1. The lowest BCUT2D eigenvalue weighted by Crippen LogP contribution is -2.12. The molecule has 4 heteroatoms. The second-order valence-corrected chi connectivity index (χ2v) is 2.95. The van der Waals surface area contributed by atoms with Gasteiger partial charge < -0.3 is 5.32 Å². The zero-order valence-electron chi connectivity index (χ0n) is 7.92. The van der Waals surface area contributed by atoms with E-state index in [-0.39, 0.29) is 5.91 Å². The van der Waals surface area contributed by atoms with E-state index in [1.165, 1.54) is 12.4 Å². The van der Waals surface area contributed by atoms with E-state index in [0.717, 1.165) is 5.69 Å². The first kappa shape index (κ1) is 9.33. The molecule has 1 amide bonds. The van der Waals surface area contributed by atoms with Crippen LogP contribution < -0.4 is 5.32 Å². The first-order valence-corrected chi connectivity index (χ1v) is 4.49. The summed E-state index contributed by atoms with van der Waals surface area (Å²) in [5.74, 6) is -0.184. The number of nitrogens with one attached hydrogen (secondary N) is 1. The van der Waals surface area contributed by atoms with Crippen molar-refractivity contribution in [2.75, 3.05) is 5.32 Å². The van der Waals surface area contributed by atoms with Gasteiger partial charge in [0.05, 0.1) is 18.0 Å². The summed E-state index contributed by atoms with van der Waals surface area (Å²) >= 11 is 0. The molecule has 0 aliphatic heterocycles. The summed E-state index contributed by atoms with van der Waals surface area (Å²) in [6, 6.07) is 10.9. The number of rotatable bonds is 2. The minimum atomic E-state index is -0.184. The number of anilines is 1. The first-order valence-electron chi connectivity index (χ1n) is 4.49. The number of nitrogens with zero attached hydrogens (tertiary/aromatic N) is 2. The molecule has 0 spiro atoms. The van der Waals surface area contributed by atoms with Gasteiger partial charge in [0.2, 0.25) is 0 Å². The van der Waals surface area contributed by atoms with Crippen LogP contribution in [-0.4, -0.2) is 16.1 Å². The monoisotopic (exact) mass is 199 g/mol. The summed E-state index contributed by atoms with van der Waals surface area (Å²) in [4.78, 5) is 11.6. The van der Waals surface area contributed by atoms with E-state index < -0.39 is 0 Å². The molecule has 0 saturated heterocycles. The van der Waals surface area contributed by atoms with Crippen LogP contribution in [0.15, 0.2) is 48.8 Å². The Hall–Kier alpha value is -2.23. The zero-order chi connectivity index (χ0) is 10.5. The average molecular weight is 199 g/mol. The smallest absolute Gasteiger partial charge is 0.257 e. The molecule has 1 aromatic heterocycles. The lowest BCUT2D eigenvalue weighted by Gasteiger charge is -2.03. The van der Waals surface area contributed by atoms with E-state index >= 15 is 0 Å². The molecule has 15 heavy (non-hydrogen) atoms. The van der Waals surface area contributed by atoms with Gasteiger partial charge in [0.25, 0.3) is 5.91 Å². The van der Waals surface area contributed by atoms with Crippen molar-refractivity contribution in [1.29, 1.82) is 0 Å². The van der Waals surface area contributed by atoms with Crippen LogP contribution in [0.1, 0.15) is 10.4 Å². The SMILES string of the molecule is O=C(Nc1ccccc1)c1ccnnc1. The minimum absolute atomic E-state index is 0.184. The van der Waals surface area contributed by atoms with Gasteiger partial charge in [-0.3, -0.25) is 4.79 Å². The molecule has 1 aromatic carbocycles. The number of benzene rings is 1. The Kier molecular flexibility index (Phi) is 2.69. The van der Waals surface area contributed by atoms with Crippen LogP contribution in [-0.2, 0) is 0 Å². The molecule has 0 aliphatic rings. The van der Waals surface area contributed by atoms with Crippen LogP contribution >= 0.6 is 0 Å². The summed E-state index contributed by atoms with van der Waals surface area (Å²) < 4.78 is 0. The van der Waals surface area contributed by atoms with E-state index in [9.17, 15) is 4.79 Å². The number of amides is 1. The number of carbonyl (C=O) groups excluding carboxylic acids is 1. The lowest BCUT2D eigenvalue weighted by molar-refractivity contribution is 0.102. The topological polar surface area (TPSA) is 54.9 Å². The number of aromatic nitrogens is 2. The average Bonchev–Trinajstić information content (AvgIpc) is 2.31. The number of hydrogen-bond acceptors (Lipinski definition) is 3. The third-order valence-electron chi connectivity index (χ3n) is 1.88. The molecule has 0 atom stereocenters. The first-order chi connectivity index (χ1) is 7.36. The molecule has 0 bridgehead atoms. The van der Waals surface area contributed by atoms with Crippen LogP contribution in [0.25, 0.3) is 0 Å². The molecule has 0 radical (unpaired) electrons. The van der Waals surface area contributed by atoms with Gasteiger partial charge in [0, 0.05) is 5.69 Å². The van der Waals surface area contributed by atoms with Gasteiger partial charge in [0.15, 0.2) is 0 Å². The predicted molar refractivity (Wildman–Crippen MR) is 56.4 cm³/mol. The molecule has 0 unspecified atom stereocenters. The highest BCUT2D eigenvalue weighted by Gasteiger charge is 2.04. The molecular weight excluding hydrogens is 190 g/mol. The van der Waals surface area contributed by atoms with Crippen molar-refractivity contribution in [1.82, 2.24) is 10.2 Å². The third-order valence-corrected chi connectivity index (χ3v) is 1.88. The van der Waals surface area contributed by atoms with Crippen LogP contribution in [0.5, 0.6) is 0 Å². The Labute approximate surface area is 87.0 Å². The normalized spacial score (nSPS) is 9.60. The highest BCUT2D eigenvalue weighted by molar-refractivity contribution is 6.03. The van der Waals surface area contributed by atoms with Gasteiger partial charge >= 0.3 is 0 Å². The third kappa shape index (κ3) is 2.37. The maximum absolute atomic E-state index is 11.6. The minimum Gasteiger partial charge on any atom is -0.322 e. The molecule has 74 valence electrons. The Bertz CT molecular complexity index is 442. The molecular formula is C11H9N3O. The van der Waals surface area contributed by atoms with E-state index in [1.54, 1.807) is 6.07 Å². The van der Waals surface area contributed by atoms with E-state index in [2.05, 4.69) is 15.5 Å². The van der Waals surface area contributed by atoms with Crippen molar-refractivity contribution in [3.8, 4) is 0 Å². The molecule has 0 fully saturated rings. The van der Waals surface area contributed by atoms with Crippen LogP contribution in [0.2, 0.25) is 0 Å². The van der Waals surface area contributed by atoms with Gasteiger partial charge in [-0.1, -0.05) is 18.2 Å². The fourth-order valence-corrected chi connectivity index (χ4v) is 1.15. The molecule has 2 aromatic rings. The fourth-order valence-electron chi connectivity index (χ4n) is 1.15. The lowest BCUT2D eigenvalue weighted by atomic mass is 10.2. The van der Waals surface area contributed by atoms with Gasteiger partial charge in [0.1, 0.15) is 0 Å². The Morgan fingerprint density at radius 2 is 1.87 bits per heavy atom. The molecule has 0 aliphatic carbocycles. The molecule has 0 saturated carbocycles. The standard InChI is InChI=1S/C11H9N3O/c15-11(9-6-7-12-13-8-9)14-10-4-2-1-3-5-10/h1-8H,(H,14,15). The Morgan fingerprint density at radius 3 is 2.53 bits per heavy atom.